The Balaban J connectivity index is 1.90. The highest BCUT2D eigenvalue weighted by Gasteiger charge is 2.22. The van der Waals surface area contributed by atoms with Gasteiger partial charge in [0.15, 0.2) is 0 Å². The third kappa shape index (κ3) is 2.89. The predicted molar refractivity (Wildman–Crippen MR) is 86.6 cm³/mol. The Morgan fingerprint density at radius 1 is 1.30 bits per heavy atom. The third-order valence-corrected chi connectivity index (χ3v) is 5.57. The molecule has 0 spiro atoms. The molecule has 1 fully saturated rings. The molecule has 0 aromatic heterocycles. The molecule has 1 N–H and O–H groups in total. The molecule has 2 nitrogen and oxygen atoms in total. The minimum Gasteiger partial charge on any atom is -0.495 e. The van der Waals surface area contributed by atoms with Gasteiger partial charge in [-0.15, -0.1) is 0 Å². The molecule has 1 unspecified atom stereocenters. The van der Waals surface area contributed by atoms with Crippen molar-refractivity contribution < 1.29 is 4.74 Å². The van der Waals surface area contributed by atoms with E-state index in [4.69, 9.17) is 4.74 Å². The highest BCUT2D eigenvalue weighted by atomic mass is 79.9. The van der Waals surface area contributed by atoms with E-state index in [2.05, 4.69) is 27.3 Å². The number of methoxy groups -OCH3 is 1. The first-order valence-corrected chi connectivity index (χ1v) is 8.66. The lowest BCUT2D eigenvalue weighted by atomic mass is 9.86. The molecule has 1 aliphatic heterocycles. The minimum absolute atomic E-state index is 0.756. The van der Waals surface area contributed by atoms with Crippen LogP contribution in [0, 0.1) is 5.92 Å². The Labute approximate surface area is 130 Å². The van der Waals surface area contributed by atoms with Gasteiger partial charge in [-0.2, -0.15) is 0 Å². The SMILES string of the molecule is COc1c(CC2CCCNC2)cc2c(c1Br)CCCC2. The Bertz CT molecular complexity index is 480. The smallest absolute Gasteiger partial charge is 0.136 e. The molecule has 0 bridgehead atoms. The number of ether oxygens (including phenoxy) is 1. The van der Waals surface area contributed by atoms with Crippen molar-refractivity contribution >= 4 is 15.9 Å². The average Bonchev–Trinajstić information content (AvgIpc) is 2.49. The average molecular weight is 338 g/mol. The van der Waals surface area contributed by atoms with Crippen molar-refractivity contribution in [2.24, 2.45) is 5.92 Å². The van der Waals surface area contributed by atoms with Gasteiger partial charge in [-0.25, -0.2) is 0 Å². The van der Waals surface area contributed by atoms with Gasteiger partial charge in [0.25, 0.3) is 0 Å². The normalized spacial score (nSPS) is 22.4. The molecule has 1 atom stereocenters. The highest BCUT2D eigenvalue weighted by molar-refractivity contribution is 9.10. The van der Waals surface area contributed by atoms with Crippen LogP contribution in [0.4, 0.5) is 0 Å². The molecule has 1 heterocycles. The van der Waals surface area contributed by atoms with Crippen molar-refractivity contribution in [3.63, 3.8) is 0 Å². The van der Waals surface area contributed by atoms with Gasteiger partial charge in [-0.3, -0.25) is 0 Å². The zero-order chi connectivity index (χ0) is 13.9. The van der Waals surface area contributed by atoms with Gasteiger partial charge < -0.3 is 10.1 Å². The Morgan fingerprint density at radius 3 is 2.90 bits per heavy atom. The highest BCUT2D eigenvalue weighted by Crippen LogP contribution is 2.39. The van der Waals surface area contributed by atoms with Crippen molar-refractivity contribution in [2.75, 3.05) is 20.2 Å². The summed E-state index contributed by atoms with van der Waals surface area (Å²) in [5.41, 5.74) is 4.43. The first-order chi connectivity index (χ1) is 9.79. The van der Waals surface area contributed by atoms with Crippen molar-refractivity contribution in [3.05, 3.63) is 27.2 Å². The topological polar surface area (TPSA) is 21.3 Å². The lowest BCUT2D eigenvalue weighted by molar-refractivity contribution is 0.362. The lowest BCUT2D eigenvalue weighted by Gasteiger charge is -2.26. The predicted octanol–water partition coefficient (Wildman–Crippen LogP) is 3.88. The standard InChI is InChI=1S/C17H24BrNO/c1-20-17-14(9-12-5-4-8-19-11-12)10-13-6-2-3-7-15(13)16(17)18/h10,12,19H,2-9,11H2,1H3. The monoisotopic (exact) mass is 337 g/mol. The van der Waals surface area contributed by atoms with Crippen molar-refractivity contribution in [2.45, 2.75) is 44.9 Å². The molecule has 1 aromatic carbocycles. The van der Waals surface area contributed by atoms with Crippen molar-refractivity contribution in [3.8, 4) is 5.75 Å². The largest absolute Gasteiger partial charge is 0.495 e. The van der Waals surface area contributed by atoms with E-state index in [0.29, 0.717) is 0 Å². The van der Waals surface area contributed by atoms with E-state index in [1.807, 2.05) is 0 Å². The van der Waals surface area contributed by atoms with Gasteiger partial charge in [-0.1, -0.05) is 6.07 Å². The van der Waals surface area contributed by atoms with Crippen LogP contribution in [0.25, 0.3) is 0 Å². The molecular weight excluding hydrogens is 314 g/mol. The second-order valence-electron chi connectivity index (χ2n) is 6.14. The summed E-state index contributed by atoms with van der Waals surface area (Å²) >= 11 is 3.80. The molecule has 1 saturated heterocycles. The van der Waals surface area contributed by atoms with Gasteiger partial charge in [-0.05, 0) is 96.6 Å². The zero-order valence-corrected chi connectivity index (χ0v) is 13.9. The van der Waals surface area contributed by atoms with Gasteiger partial charge in [0, 0.05) is 0 Å². The summed E-state index contributed by atoms with van der Waals surface area (Å²) in [4.78, 5) is 0. The van der Waals surface area contributed by atoms with Gasteiger partial charge >= 0.3 is 0 Å². The number of fused-ring (bicyclic) bond motifs is 1. The van der Waals surface area contributed by atoms with E-state index in [9.17, 15) is 0 Å². The zero-order valence-electron chi connectivity index (χ0n) is 12.3. The lowest BCUT2D eigenvalue weighted by Crippen LogP contribution is -2.31. The minimum atomic E-state index is 0.756. The van der Waals surface area contributed by atoms with E-state index in [-0.39, 0.29) is 0 Å². The van der Waals surface area contributed by atoms with E-state index in [0.717, 1.165) is 24.6 Å². The van der Waals surface area contributed by atoms with Crippen LogP contribution >= 0.6 is 15.9 Å². The fourth-order valence-electron chi connectivity index (χ4n) is 3.67. The van der Waals surface area contributed by atoms with E-state index >= 15 is 0 Å². The van der Waals surface area contributed by atoms with Gasteiger partial charge in [0.05, 0.1) is 11.6 Å². The Hall–Kier alpha value is -0.540. The first kappa shape index (κ1) is 14.4. The van der Waals surface area contributed by atoms with Crippen molar-refractivity contribution in [1.29, 1.82) is 0 Å². The number of piperidine rings is 1. The molecule has 110 valence electrons. The fraction of sp³-hybridized carbons (Fsp3) is 0.647. The summed E-state index contributed by atoms with van der Waals surface area (Å²) < 4.78 is 6.93. The van der Waals surface area contributed by atoms with Crippen LogP contribution in [0.1, 0.15) is 42.4 Å². The number of hydrogen-bond donors (Lipinski definition) is 1. The number of hydrogen-bond acceptors (Lipinski definition) is 2. The van der Waals surface area contributed by atoms with Crippen LogP contribution in [-0.2, 0) is 19.3 Å². The number of benzene rings is 1. The number of rotatable bonds is 3. The molecule has 20 heavy (non-hydrogen) atoms. The summed E-state index contributed by atoms with van der Waals surface area (Å²) in [7, 11) is 1.80. The number of halogens is 1. The molecule has 1 aliphatic carbocycles. The van der Waals surface area contributed by atoms with Crippen LogP contribution in [0.15, 0.2) is 10.5 Å². The Morgan fingerprint density at radius 2 is 2.15 bits per heavy atom. The van der Waals surface area contributed by atoms with Crippen LogP contribution in [-0.4, -0.2) is 20.2 Å². The maximum atomic E-state index is 5.72. The molecule has 3 heteroatoms. The van der Waals surface area contributed by atoms with E-state index < -0.39 is 0 Å². The number of aryl methyl sites for hydroxylation is 1. The fourth-order valence-corrected chi connectivity index (χ4v) is 4.54. The number of nitrogens with one attached hydrogen (secondary N) is 1. The molecule has 0 amide bonds. The van der Waals surface area contributed by atoms with Crippen LogP contribution < -0.4 is 10.1 Å². The third-order valence-electron chi connectivity index (χ3n) is 4.73. The summed E-state index contributed by atoms with van der Waals surface area (Å²) in [5.74, 6) is 1.84. The molecular formula is C17H24BrNO. The molecule has 0 radical (unpaired) electrons. The second-order valence-corrected chi connectivity index (χ2v) is 6.94. The summed E-state index contributed by atoms with van der Waals surface area (Å²) in [6.45, 7) is 2.33. The quantitative estimate of drug-likeness (QED) is 0.903. The molecule has 2 aliphatic rings. The summed E-state index contributed by atoms with van der Waals surface area (Å²) in [6.07, 6.45) is 8.84. The Kier molecular flexibility index (Phi) is 4.67. The first-order valence-electron chi connectivity index (χ1n) is 7.87. The molecule has 3 rings (SSSR count). The summed E-state index contributed by atoms with van der Waals surface area (Å²) in [6, 6.07) is 2.42. The van der Waals surface area contributed by atoms with Crippen LogP contribution in [0.3, 0.4) is 0 Å². The van der Waals surface area contributed by atoms with Crippen molar-refractivity contribution in [1.82, 2.24) is 5.32 Å². The van der Waals surface area contributed by atoms with Gasteiger partial charge in [0.2, 0.25) is 0 Å². The van der Waals surface area contributed by atoms with Gasteiger partial charge in [0.1, 0.15) is 5.75 Å². The van der Waals surface area contributed by atoms with Crippen LogP contribution in [0.2, 0.25) is 0 Å². The maximum Gasteiger partial charge on any atom is 0.136 e. The van der Waals surface area contributed by atoms with E-state index in [1.165, 1.54) is 60.7 Å². The van der Waals surface area contributed by atoms with E-state index in [1.54, 1.807) is 12.7 Å². The molecule has 1 aromatic rings. The summed E-state index contributed by atoms with van der Waals surface area (Å²) in [5, 5.41) is 3.52. The second kappa shape index (κ2) is 6.48. The molecule has 0 saturated carbocycles. The maximum absolute atomic E-state index is 5.72. The van der Waals surface area contributed by atoms with Crippen LogP contribution in [0.5, 0.6) is 5.75 Å².